The van der Waals surface area contributed by atoms with Gasteiger partial charge in [-0.05, 0) is 122 Å². The number of nitro benzene ring substituents is 1. The van der Waals surface area contributed by atoms with Gasteiger partial charge in [0.25, 0.3) is 21.6 Å². The molecule has 0 bridgehead atoms. The number of non-ortho nitro benzene ring substituents is 1. The van der Waals surface area contributed by atoms with E-state index < -0.39 is 31.4 Å². The molecule has 0 unspecified atom stereocenters. The van der Waals surface area contributed by atoms with E-state index in [1.54, 1.807) is 23.1 Å². The van der Waals surface area contributed by atoms with Crippen molar-refractivity contribution in [2.24, 2.45) is 11.3 Å². The van der Waals surface area contributed by atoms with E-state index in [0.29, 0.717) is 67.6 Å². The number of amides is 1. The molecule has 2 aliphatic carbocycles. The summed E-state index contributed by atoms with van der Waals surface area (Å²) in [5.41, 5.74) is 7.14. The smallest absolute Gasteiger partial charge is 0.298 e. The normalized spacial score (nSPS) is 19.2. The van der Waals surface area contributed by atoms with Crippen LogP contribution in [0.1, 0.15) is 73.7 Å². The number of nitro groups is 1. The molecular weight excluding hydrogens is 906 g/mol. The first-order chi connectivity index (χ1) is 33.0. The fraction of sp³-hybridized carbons (Fsp3) is 0.420. The predicted molar refractivity (Wildman–Crippen MR) is 261 cm³/mol. The zero-order chi connectivity index (χ0) is 46.6. The van der Waals surface area contributed by atoms with E-state index in [2.05, 4.69) is 36.7 Å². The summed E-state index contributed by atoms with van der Waals surface area (Å²) in [5, 5.41) is 18.7. The molecule has 5 aliphatic rings. The van der Waals surface area contributed by atoms with Crippen LogP contribution in [-0.4, -0.2) is 103 Å². The molecule has 2 saturated heterocycles. The predicted octanol–water partition coefficient (Wildman–Crippen LogP) is 8.87. The highest BCUT2D eigenvalue weighted by Crippen LogP contribution is 2.55. The second kappa shape index (κ2) is 18.1. The maximum atomic E-state index is 14.5. The largest absolute Gasteiger partial charge is 0.476 e. The number of halogens is 1. The minimum absolute atomic E-state index is 0.0776. The van der Waals surface area contributed by atoms with E-state index >= 15 is 0 Å². The Morgan fingerprint density at radius 2 is 1.74 bits per heavy atom. The van der Waals surface area contributed by atoms with Crippen LogP contribution in [0.3, 0.4) is 0 Å². The van der Waals surface area contributed by atoms with E-state index in [-0.39, 0.29) is 22.4 Å². The van der Waals surface area contributed by atoms with Gasteiger partial charge in [0.05, 0.1) is 27.7 Å². The number of benzene rings is 3. The van der Waals surface area contributed by atoms with Crippen LogP contribution in [0.25, 0.3) is 27.5 Å². The molecule has 18 heteroatoms. The van der Waals surface area contributed by atoms with Gasteiger partial charge >= 0.3 is 0 Å². The van der Waals surface area contributed by atoms with Gasteiger partial charge in [-0.25, -0.2) is 13.1 Å². The number of nitrogens with one attached hydrogen (secondary N) is 2. The van der Waals surface area contributed by atoms with Gasteiger partial charge in [-0.2, -0.15) is 10.1 Å². The summed E-state index contributed by atoms with van der Waals surface area (Å²) in [6.45, 7) is 6.76. The molecule has 1 amide bonds. The van der Waals surface area contributed by atoms with Crippen molar-refractivity contribution in [2.45, 2.75) is 69.2 Å². The van der Waals surface area contributed by atoms with Crippen molar-refractivity contribution in [1.82, 2.24) is 29.4 Å². The molecule has 2 N–H and O–H groups in total. The maximum absolute atomic E-state index is 14.5. The summed E-state index contributed by atoms with van der Waals surface area (Å²) < 4.78 is 43.9. The second-order valence-electron chi connectivity index (χ2n) is 19.1. The molecule has 354 valence electrons. The van der Waals surface area contributed by atoms with Gasteiger partial charge < -0.3 is 24.3 Å². The zero-order valence-corrected chi connectivity index (χ0v) is 39.4. The summed E-state index contributed by atoms with van der Waals surface area (Å²) >= 11 is 6.32. The molecule has 1 spiro atoms. The third-order valence-corrected chi connectivity index (χ3v) is 16.4. The fourth-order valence-corrected chi connectivity index (χ4v) is 12.1. The number of rotatable bonds is 11. The van der Waals surface area contributed by atoms with Crippen LogP contribution in [0.2, 0.25) is 5.02 Å². The lowest BCUT2D eigenvalue weighted by atomic mass is 9.59. The Labute approximate surface area is 399 Å². The molecule has 68 heavy (non-hydrogen) atoms. The number of pyridine rings is 1. The van der Waals surface area contributed by atoms with Gasteiger partial charge in [-0.3, -0.25) is 24.5 Å². The number of fused-ring (bicyclic) bond motifs is 3. The lowest BCUT2D eigenvalue weighted by Gasteiger charge is -2.47. The first-order valence-corrected chi connectivity index (χ1v) is 25.6. The topological polar surface area (TPSA) is 181 Å². The number of allylic oxidation sites excluding steroid dienone is 1. The monoisotopic (exact) mass is 959 g/mol. The van der Waals surface area contributed by atoms with Gasteiger partial charge in [0, 0.05) is 99.0 Å². The van der Waals surface area contributed by atoms with Crippen LogP contribution in [-0.2, 0) is 21.3 Å². The van der Waals surface area contributed by atoms with Gasteiger partial charge in [0.15, 0.2) is 5.52 Å². The van der Waals surface area contributed by atoms with E-state index in [9.17, 15) is 23.3 Å². The number of carbonyl (C=O) groups is 1. The molecule has 1 saturated carbocycles. The molecule has 0 atom stereocenters. The molecule has 6 aromatic rings. The number of hydrogen-bond acceptors (Lipinski definition) is 12. The third kappa shape index (κ3) is 8.80. The van der Waals surface area contributed by atoms with E-state index in [4.69, 9.17) is 26.1 Å². The molecule has 3 aromatic carbocycles. The standard InChI is InChI=1S/C50H54ClN9O7S/c51-38-5-3-34(4-6-38)42-29-50(13-1-14-50)15-9-36(42)31-56-18-20-57(21-19-56)39-7-8-41(43(27-39)59-17-2-22-67-49-45(59)26-35-10-16-52-47(35)53-49)48(61)55-68(64,65)40-25-37-32-58(30-33-11-23-66-24-12-33)54-46(37)44(28-40)60(62)63/h3-8,10,16,25-28,32-33H,1-2,9,11-15,17-24,29-31H2,(H,52,53)(H,55,61). The fourth-order valence-electron chi connectivity index (χ4n) is 10.9. The number of hydrogen-bond donors (Lipinski definition) is 2. The average molecular weight is 961 g/mol. The van der Waals surface area contributed by atoms with Crippen LogP contribution in [0, 0.1) is 21.4 Å². The highest BCUT2D eigenvalue weighted by Gasteiger charge is 2.41. The Morgan fingerprint density at radius 1 is 0.926 bits per heavy atom. The van der Waals surface area contributed by atoms with Crippen LogP contribution in [0.4, 0.5) is 22.7 Å². The summed E-state index contributed by atoms with van der Waals surface area (Å²) in [6.07, 6.45) is 13.1. The number of anilines is 3. The summed E-state index contributed by atoms with van der Waals surface area (Å²) in [5.74, 6) is -0.208. The van der Waals surface area contributed by atoms with Crippen molar-refractivity contribution in [2.75, 3.05) is 68.9 Å². The average Bonchev–Trinajstić information content (AvgIpc) is 3.91. The van der Waals surface area contributed by atoms with E-state index in [0.717, 1.165) is 80.6 Å². The van der Waals surface area contributed by atoms with Crippen molar-refractivity contribution < 1.29 is 27.6 Å². The van der Waals surface area contributed by atoms with Crippen LogP contribution in [0.15, 0.2) is 89.6 Å². The Kier molecular flexibility index (Phi) is 11.9. The molecule has 0 radical (unpaired) electrons. The number of H-pyrrole nitrogens is 1. The van der Waals surface area contributed by atoms with Gasteiger partial charge in [-0.1, -0.05) is 35.7 Å². The minimum atomic E-state index is -4.63. The minimum Gasteiger partial charge on any atom is -0.476 e. The van der Waals surface area contributed by atoms with Crippen LogP contribution in [0.5, 0.6) is 5.88 Å². The zero-order valence-electron chi connectivity index (χ0n) is 37.8. The first kappa shape index (κ1) is 44.5. The molecular formula is C50H54ClN9O7S. The number of aromatic nitrogens is 4. The van der Waals surface area contributed by atoms with E-state index in [1.807, 2.05) is 41.3 Å². The van der Waals surface area contributed by atoms with Crippen molar-refractivity contribution in [1.29, 1.82) is 0 Å². The number of aromatic amines is 1. The third-order valence-electron chi connectivity index (χ3n) is 14.9. The van der Waals surface area contributed by atoms with Gasteiger partial charge in [-0.15, -0.1) is 0 Å². The number of piperazine rings is 1. The lowest BCUT2D eigenvalue weighted by molar-refractivity contribution is -0.383. The van der Waals surface area contributed by atoms with Gasteiger partial charge in [0.2, 0.25) is 5.88 Å². The highest BCUT2D eigenvalue weighted by molar-refractivity contribution is 7.90. The number of sulfonamides is 1. The molecule has 3 fully saturated rings. The van der Waals surface area contributed by atoms with Crippen molar-refractivity contribution >= 4 is 77.8 Å². The molecule has 3 aromatic heterocycles. The Morgan fingerprint density at radius 3 is 2.50 bits per heavy atom. The van der Waals surface area contributed by atoms with Crippen molar-refractivity contribution in [3.05, 3.63) is 111 Å². The Balaban J connectivity index is 0.884. The first-order valence-electron chi connectivity index (χ1n) is 23.7. The molecule has 3 aliphatic heterocycles. The van der Waals surface area contributed by atoms with E-state index in [1.165, 1.54) is 48.5 Å². The van der Waals surface area contributed by atoms with Gasteiger partial charge in [0.1, 0.15) is 11.3 Å². The Hall–Kier alpha value is -6.01. The van der Waals surface area contributed by atoms with Crippen LogP contribution >= 0.6 is 11.6 Å². The number of nitrogens with zero attached hydrogens (tertiary/aromatic N) is 7. The molecule has 6 heterocycles. The van der Waals surface area contributed by atoms with Crippen LogP contribution < -0.4 is 19.3 Å². The SMILES string of the molecule is O=C(NS(=O)(=O)c1cc([N+](=O)[O-])c2nn(CC3CCOCC3)cc2c1)c1ccc(N2CCN(CC3=C(c4ccc(Cl)cc4)CC4(CCC4)CC3)CC2)cc1N1CCCOc2nc3[nH]ccc3cc21. The maximum Gasteiger partial charge on any atom is 0.298 e. The van der Waals surface area contributed by atoms with Crippen molar-refractivity contribution in [3.63, 3.8) is 0 Å². The molecule has 16 nitrogen and oxygen atoms in total. The molecule has 11 rings (SSSR count). The Bertz CT molecular complexity index is 3060. The second-order valence-corrected chi connectivity index (χ2v) is 21.3. The number of carbonyl (C=O) groups excluding carboxylic acids is 1. The quantitative estimate of drug-likeness (QED) is 0.0932. The highest BCUT2D eigenvalue weighted by atomic mass is 35.5. The summed E-state index contributed by atoms with van der Waals surface area (Å²) in [4.78, 5) is 40.6. The lowest BCUT2D eigenvalue weighted by Crippen LogP contribution is -2.47. The number of ether oxygens (including phenoxy) is 2. The van der Waals surface area contributed by atoms with Crippen molar-refractivity contribution in [3.8, 4) is 5.88 Å². The summed E-state index contributed by atoms with van der Waals surface area (Å²) in [7, 11) is -4.63. The summed E-state index contributed by atoms with van der Waals surface area (Å²) in [6, 6.07) is 20.0.